The average Bonchev–Trinajstić information content (AvgIpc) is 2.60. The van der Waals surface area contributed by atoms with Crippen LogP contribution in [0.3, 0.4) is 0 Å². The van der Waals surface area contributed by atoms with E-state index in [1.807, 2.05) is 13.8 Å². The van der Waals surface area contributed by atoms with Crippen molar-refractivity contribution in [3.8, 4) is 0 Å². The number of carboxylic acid groups (broad SMARTS) is 1. The molecule has 1 aromatic heterocycles. The number of aryl methyl sites for hydroxylation is 1. The minimum Gasteiger partial charge on any atom is -0.480 e. The number of rotatable bonds is 4. The normalized spacial score (nSPS) is 12.5. The highest BCUT2D eigenvalue weighted by Gasteiger charge is 2.19. The Hall–Kier alpha value is -1.85. The first kappa shape index (κ1) is 13.2. The monoisotopic (exact) mass is 239 g/mol. The van der Waals surface area contributed by atoms with Crippen LogP contribution in [-0.4, -0.2) is 32.8 Å². The summed E-state index contributed by atoms with van der Waals surface area (Å²) in [4.78, 5) is 22.4. The summed E-state index contributed by atoms with van der Waals surface area (Å²) in [5.74, 6) is -1.27. The van der Waals surface area contributed by atoms with Gasteiger partial charge in [0.05, 0.1) is 5.69 Å². The summed E-state index contributed by atoms with van der Waals surface area (Å²) >= 11 is 0. The quantitative estimate of drug-likeness (QED) is 0.811. The second-order valence-corrected chi connectivity index (χ2v) is 4.27. The molecule has 94 valence electrons. The third-order valence-corrected chi connectivity index (χ3v) is 2.44. The van der Waals surface area contributed by atoms with E-state index >= 15 is 0 Å². The minimum atomic E-state index is -1.07. The molecule has 1 amide bonds. The van der Waals surface area contributed by atoms with Gasteiger partial charge in [0.2, 0.25) is 0 Å². The van der Waals surface area contributed by atoms with E-state index in [4.69, 9.17) is 5.11 Å². The van der Waals surface area contributed by atoms with Crippen LogP contribution in [-0.2, 0) is 11.8 Å². The van der Waals surface area contributed by atoms with Gasteiger partial charge < -0.3 is 10.4 Å². The third-order valence-electron chi connectivity index (χ3n) is 2.44. The van der Waals surface area contributed by atoms with Crippen LogP contribution in [0, 0.1) is 0 Å². The zero-order valence-electron chi connectivity index (χ0n) is 10.4. The predicted molar refractivity (Wildman–Crippen MR) is 61.9 cm³/mol. The molecule has 0 radical (unpaired) electrons. The van der Waals surface area contributed by atoms with Crippen molar-refractivity contribution in [3.05, 3.63) is 17.5 Å². The third kappa shape index (κ3) is 3.05. The maximum Gasteiger partial charge on any atom is 0.325 e. The number of carboxylic acids is 1. The Morgan fingerprint density at radius 2 is 2.00 bits per heavy atom. The van der Waals surface area contributed by atoms with Gasteiger partial charge in [-0.05, 0) is 18.9 Å². The lowest BCUT2D eigenvalue weighted by atomic mass is 10.1. The van der Waals surface area contributed by atoms with Crippen LogP contribution in [0.2, 0.25) is 0 Å². The predicted octanol–water partition coefficient (Wildman–Crippen LogP) is 0.746. The molecule has 0 aliphatic rings. The van der Waals surface area contributed by atoms with Crippen LogP contribution in [0.1, 0.15) is 42.9 Å². The van der Waals surface area contributed by atoms with E-state index in [1.54, 1.807) is 13.1 Å². The largest absolute Gasteiger partial charge is 0.480 e. The Bertz CT molecular complexity index is 437. The number of aromatic nitrogens is 2. The van der Waals surface area contributed by atoms with Crippen LogP contribution in [0.15, 0.2) is 6.07 Å². The summed E-state index contributed by atoms with van der Waals surface area (Å²) in [6.45, 7) is 5.37. The topological polar surface area (TPSA) is 84.2 Å². The number of aliphatic carboxylic acids is 1. The molecule has 6 nitrogen and oxygen atoms in total. The molecule has 1 heterocycles. The SMILES string of the molecule is CC(NC(=O)c1cc(C(C)C)nn1C)C(=O)O. The molecule has 1 rings (SSSR count). The van der Waals surface area contributed by atoms with Gasteiger partial charge in [-0.15, -0.1) is 0 Å². The van der Waals surface area contributed by atoms with E-state index < -0.39 is 17.9 Å². The van der Waals surface area contributed by atoms with Gasteiger partial charge in [-0.25, -0.2) is 0 Å². The maximum atomic E-state index is 11.8. The van der Waals surface area contributed by atoms with Crippen molar-refractivity contribution in [2.24, 2.45) is 7.05 Å². The van der Waals surface area contributed by atoms with Crippen molar-refractivity contribution in [1.82, 2.24) is 15.1 Å². The summed E-state index contributed by atoms with van der Waals surface area (Å²) in [5.41, 5.74) is 1.17. The number of nitrogens with zero attached hydrogens (tertiary/aromatic N) is 2. The van der Waals surface area contributed by atoms with Gasteiger partial charge in [0.1, 0.15) is 11.7 Å². The van der Waals surface area contributed by atoms with E-state index in [2.05, 4.69) is 10.4 Å². The van der Waals surface area contributed by atoms with Gasteiger partial charge in [-0.1, -0.05) is 13.8 Å². The molecule has 2 N–H and O–H groups in total. The van der Waals surface area contributed by atoms with Crippen LogP contribution >= 0.6 is 0 Å². The van der Waals surface area contributed by atoms with Gasteiger partial charge in [-0.2, -0.15) is 5.10 Å². The number of carbonyl (C=O) groups excluding carboxylic acids is 1. The number of hydrogen-bond donors (Lipinski definition) is 2. The van der Waals surface area contributed by atoms with Gasteiger partial charge in [0.15, 0.2) is 0 Å². The summed E-state index contributed by atoms with van der Waals surface area (Å²) in [7, 11) is 1.66. The minimum absolute atomic E-state index is 0.222. The molecule has 0 bridgehead atoms. The molecule has 0 aliphatic carbocycles. The summed E-state index contributed by atoms with van der Waals surface area (Å²) < 4.78 is 1.46. The first-order valence-electron chi connectivity index (χ1n) is 5.40. The lowest BCUT2D eigenvalue weighted by Gasteiger charge is -2.08. The highest BCUT2D eigenvalue weighted by Crippen LogP contribution is 2.13. The number of hydrogen-bond acceptors (Lipinski definition) is 3. The van der Waals surface area contributed by atoms with Crippen LogP contribution in [0.4, 0.5) is 0 Å². The van der Waals surface area contributed by atoms with Gasteiger partial charge in [0.25, 0.3) is 5.91 Å². The van der Waals surface area contributed by atoms with Crippen molar-refractivity contribution >= 4 is 11.9 Å². The van der Waals surface area contributed by atoms with Crippen molar-refractivity contribution < 1.29 is 14.7 Å². The number of nitrogens with one attached hydrogen (secondary N) is 1. The second kappa shape index (κ2) is 4.99. The standard InChI is InChI=1S/C11H17N3O3/c1-6(2)8-5-9(14(4)13-8)10(15)12-7(3)11(16)17/h5-7H,1-4H3,(H,12,15)(H,16,17). The lowest BCUT2D eigenvalue weighted by molar-refractivity contribution is -0.138. The van der Waals surface area contributed by atoms with E-state index in [0.29, 0.717) is 5.69 Å². The van der Waals surface area contributed by atoms with Crippen molar-refractivity contribution in [1.29, 1.82) is 0 Å². The van der Waals surface area contributed by atoms with E-state index in [1.165, 1.54) is 11.6 Å². The molecule has 0 saturated heterocycles. The molecule has 1 unspecified atom stereocenters. The Morgan fingerprint density at radius 3 is 2.41 bits per heavy atom. The molecule has 0 fully saturated rings. The fraction of sp³-hybridized carbons (Fsp3) is 0.545. The average molecular weight is 239 g/mol. The second-order valence-electron chi connectivity index (χ2n) is 4.27. The molecule has 17 heavy (non-hydrogen) atoms. The molecule has 6 heteroatoms. The fourth-order valence-electron chi connectivity index (χ4n) is 1.32. The zero-order chi connectivity index (χ0) is 13.2. The Kier molecular flexibility index (Phi) is 3.88. The first-order valence-corrected chi connectivity index (χ1v) is 5.40. The fourth-order valence-corrected chi connectivity index (χ4v) is 1.32. The Labute approximate surface area is 99.6 Å². The van der Waals surface area contributed by atoms with Gasteiger partial charge in [0, 0.05) is 7.05 Å². The molecule has 0 spiro atoms. The van der Waals surface area contributed by atoms with Crippen molar-refractivity contribution in [3.63, 3.8) is 0 Å². The van der Waals surface area contributed by atoms with Crippen molar-refractivity contribution in [2.75, 3.05) is 0 Å². The smallest absolute Gasteiger partial charge is 0.325 e. The lowest BCUT2D eigenvalue weighted by Crippen LogP contribution is -2.39. The molecule has 0 aliphatic heterocycles. The highest BCUT2D eigenvalue weighted by atomic mass is 16.4. The van der Waals surface area contributed by atoms with Crippen LogP contribution in [0.5, 0.6) is 0 Å². The summed E-state index contributed by atoms with van der Waals surface area (Å²) in [5, 5.41) is 15.3. The molecule has 1 atom stereocenters. The summed E-state index contributed by atoms with van der Waals surface area (Å²) in [6, 6.07) is 0.758. The van der Waals surface area contributed by atoms with E-state index in [9.17, 15) is 9.59 Å². The van der Waals surface area contributed by atoms with Gasteiger partial charge >= 0.3 is 5.97 Å². The molecule has 0 aromatic carbocycles. The van der Waals surface area contributed by atoms with E-state index in [0.717, 1.165) is 5.69 Å². The summed E-state index contributed by atoms with van der Waals surface area (Å²) in [6.07, 6.45) is 0. The first-order chi connectivity index (χ1) is 7.82. The van der Waals surface area contributed by atoms with Crippen LogP contribution in [0.25, 0.3) is 0 Å². The highest BCUT2D eigenvalue weighted by molar-refractivity contribution is 5.95. The Balaban J connectivity index is 2.86. The van der Waals surface area contributed by atoms with Crippen molar-refractivity contribution in [2.45, 2.75) is 32.7 Å². The molecule has 0 saturated carbocycles. The molecule has 1 aromatic rings. The maximum absolute atomic E-state index is 11.8. The van der Waals surface area contributed by atoms with Gasteiger partial charge in [-0.3, -0.25) is 14.3 Å². The Morgan fingerprint density at radius 1 is 1.41 bits per heavy atom. The zero-order valence-corrected chi connectivity index (χ0v) is 10.4. The number of carbonyl (C=O) groups is 2. The molecular weight excluding hydrogens is 222 g/mol. The van der Waals surface area contributed by atoms with Crippen LogP contribution < -0.4 is 5.32 Å². The van der Waals surface area contributed by atoms with E-state index in [-0.39, 0.29) is 5.92 Å². The molecular formula is C11H17N3O3. The number of amides is 1.